The molecule has 0 spiro atoms. The molecule has 1 saturated carbocycles. The van der Waals surface area contributed by atoms with Gasteiger partial charge in [0.1, 0.15) is 0 Å². The van der Waals surface area contributed by atoms with Crippen molar-refractivity contribution in [1.29, 1.82) is 0 Å². The molecule has 0 aromatic heterocycles. The zero-order valence-corrected chi connectivity index (χ0v) is 12.0. The molecule has 1 amide bonds. The smallest absolute Gasteiger partial charge is 0.225 e. The number of hydrogen-bond acceptors (Lipinski definition) is 2. The normalized spacial score (nSPS) is 27.6. The Hall–Kier alpha value is -0.570. The molecule has 1 rings (SSSR count). The molecule has 0 saturated heterocycles. The average Bonchev–Trinajstić information content (AvgIpc) is 2.25. The van der Waals surface area contributed by atoms with Gasteiger partial charge in [-0.2, -0.15) is 0 Å². The molecular weight excluding hydrogens is 212 g/mol. The maximum atomic E-state index is 12.4. The first-order valence-corrected chi connectivity index (χ1v) is 6.75. The molecule has 2 N–H and O–H groups in total. The maximum absolute atomic E-state index is 12.4. The summed E-state index contributed by atoms with van der Waals surface area (Å²) in [6.07, 6.45) is 4.03. The Morgan fingerprint density at radius 3 is 2.41 bits per heavy atom. The van der Waals surface area contributed by atoms with Gasteiger partial charge in [-0.15, -0.1) is 0 Å². The van der Waals surface area contributed by atoms with E-state index in [9.17, 15) is 4.79 Å². The molecule has 0 bridgehead atoms. The van der Waals surface area contributed by atoms with E-state index in [-0.39, 0.29) is 29.3 Å². The van der Waals surface area contributed by atoms with Gasteiger partial charge in [0.25, 0.3) is 0 Å². The fourth-order valence-electron chi connectivity index (χ4n) is 2.51. The van der Waals surface area contributed by atoms with Gasteiger partial charge in [-0.25, -0.2) is 0 Å². The van der Waals surface area contributed by atoms with Crippen LogP contribution in [-0.4, -0.2) is 29.9 Å². The van der Waals surface area contributed by atoms with Gasteiger partial charge in [-0.05, 0) is 31.6 Å². The van der Waals surface area contributed by atoms with Gasteiger partial charge in [0.2, 0.25) is 5.91 Å². The largest absolute Gasteiger partial charge is 0.342 e. The molecule has 1 aliphatic carbocycles. The Kier molecular flexibility index (Phi) is 4.59. The molecule has 100 valence electrons. The monoisotopic (exact) mass is 240 g/mol. The van der Waals surface area contributed by atoms with E-state index < -0.39 is 0 Å². The second-order valence-corrected chi connectivity index (χ2v) is 6.61. The third-order valence-corrected chi connectivity index (χ3v) is 4.25. The first-order chi connectivity index (χ1) is 7.73. The van der Waals surface area contributed by atoms with Crippen LogP contribution in [-0.2, 0) is 4.79 Å². The molecule has 0 aromatic rings. The van der Waals surface area contributed by atoms with Crippen molar-refractivity contribution in [3.63, 3.8) is 0 Å². The number of nitrogens with two attached hydrogens (primary N) is 1. The maximum Gasteiger partial charge on any atom is 0.225 e. The van der Waals surface area contributed by atoms with Gasteiger partial charge in [0, 0.05) is 25.0 Å². The van der Waals surface area contributed by atoms with E-state index in [0.29, 0.717) is 0 Å². The van der Waals surface area contributed by atoms with Crippen molar-refractivity contribution in [2.24, 2.45) is 17.1 Å². The molecule has 0 radical (unpaired) electrons. The van der Waals surface area contributed by atoms with Crippen LogP contribution in [0.15, 0.2) is 0 Å². The second kappa shape index (κ2) is 5.38. The van der Waals surface area contributed by atoms with Gasteiger partial charge in [-0.3, -0.25) is 4.79 Å². The van der Waals surface area contributed by atoms with Crippen LogP contribution in [0.5, 0.6) is 0 Å². The molecule has 3 heteroatoms. The minimum Gasteiger partial charge on any atom is -0.342 e. The summed E-state index contributed by atoms with van der Waals surface area (Å²) >= 11 is 0. The molecular formula is C14H28N2O. The van der Waals surface area contributed by atoms with Crippen LogP contribution < -0.4 is 5.73 Å². The summed E-state index contributed by atoms with van der Waals surface area (Å²) in [5.41, 5.74) is 6.08. The zero-order chi connectivity index (χ0) is 13.2. The third kappa shape index (κ3) is 3.70. The number of nitrogens with zero attached hydrogens (tertiary/aromatic N) is 1. The average molecular weight is 240 g/mol. The molecule has 0 heterocycles. The van der Waals surface area contributed by atoms with Crippen LogP contribution in [0.1, 0.15) is 53.4 Å². The fourth-order valence-corrected chi connectivity index (χ4v) is 2.51. The minimum atomic E-state index is 0.126. The molecule has 1 aliphatic rings. The van der Waals surface area contributed by atoms with Gasteiger partial charge in [0.15, 0.2) is 0 Å². The summed E-state index contributed by atoms with van der Waals surface area (Å²) in [6.45, 7) is 8.65. The number of carbonyl (C=O) groups excluding carboxylic acids is 1. The summed E-state index contributed by atoms with van der Waals surface area (Å²) in [7, 11) is 1.93. The molecule has 1 fully saturated rings. The molecule has 3 unspecified atom stereocenters. The number of carbonyl (C=O) groups is 1. The van der Waals surface area contributed by atoms with Crippen LogP contribution in [0, 0.1) is 11.3 Å². The van der Waals surface area contributed by atoms with Crippen LogP contribution in [0.25, 0.3) is 0 Å². The lowest BCUT2D eigenvalue weighted by molar-refractivity contribution is -0.139. The quantitative estimate of drug-likeness (QED) is 0.805. The third-order valence-electron chi connectivity index (χ3n) is 4.25. The molecule has 17 heavy (non-hydrogen) atoms. The van der Waals surface area contributed by atoms with E-state index in [1.54, 1.807) is 0 Å². The molecule has 3 atom stereocenters. The summed E-state index contributed by atoms with van der Waals surface area (Å²) in [5, 5.41) is 0. The van der Waals surface area contributed by atoms with Crippen LogP contribution in [0.3, 0.4) is 0 Å². The molecule has 0 aliphatic heterocycles. The standard InChI is InChI=1S/C14H28N2O/c1-10(14(2,3)4)16(5)13(17)11-7-6-8-12(15)9-11/h10-12H,6-9,15H2,1-5H3. The lowest BCUT2D eigenvalue weighted by Crippen LogP contribution is -2.47. The first-order valence-electron chi connectivity index (χ1n) is 6.75. The highest BCUT2D eigenvalue weighted by molar-refractivity contribution is 5.79. The van der Waals surface area contributed by atoms with Crippen molar-refractivity contribution >= 4 is 5.91 Å². The highest BCUT2D eigenvalue weighted by Crippen LogP contribution is 2.28. The second-order valence-electron chi connectivity index (χ2n) is 6.61. The summed E-state index contributed by atoms with van der Waals surface area (Å²) in [4.78, 5) is 14.3. The van der Waals surface area contributed by atoms with Gasteiger partial charge in [-0.1, -0.05) is 27.2 Å². The Labute approximate surface area is 106 Å². The Balaban J connectivity index is 2.63. The highest BCUT2D eigenvalue weighted by Gasteiger charge is 2.32. The highest BCUT2D eigenvalue weighted by atomic mass is 16.2. The van der Waals surface area contributed by atoms with Crippen molar-refractivity contribution in [2.45, 2.75) is 65.5 Å². The molecule has 0 aromatic carbocycles. The Morgan fingerprint density at radius 2 is 1.94 bits per heavy atom. The summed E-state index contributed by atoms with van der Waals surface area (Å²) < 4.78 is 0. The van der Waals surface area contributed by atoms with E-state index >= 15 is 0 Å². The Morgan fingerprint density at radius 1 is 1.35 bits per heavy atom. The lowest BCUT2D eigenvalue weighted by atomic mass is 9.83. The number of rotatable bonds is 2. The van der Waals surface area contributed by atoms with Crippen LogP contribution in [0.4, 0.5) is 0 Å². The molecule has 3 nitrogen and oxygen atoms in total. The Bertz CT molecular complexity index is 270. The summed E-state index contributed by atoms with van der Waals surface area (Å²) in [5.74, 6) is 0.427. The lowest BCUT2D eigenvalue weighted by Gasteiger charge is -2.38. The van der Waals surface area contributed by atoms with Crippen LogP contribution in [0.2, 0.25) is 0 Å². The van der Waals surface area contributed by atoms with Gasteiger partial charge in [0.05, 0.1) is 0 Å². The van der Waals surface area contributed by atoms with Crippen molar-refractivity contribution in [1.82, 2.24) is 4.90 Å². The van der Waals surface area contributed by atoms with Crippen molar-refractivity contribution in [3.8, 4) is 0 Å². The SMILES string of the molecule is CC(N(C)C(=O)C1CCCC(N)C1)C(C)(C)C. The van der Waals surface area contributed by atoms with Gasteiger partial charge < -0.3 is 10.6 Å². The van der Waals surface area contributed by atoms with Crippen molar-refractivity contribution in [3.05, 3.63) is 0 Å². The predicted molar refractivity (Wildman–Crippen MR) is 71.6 cm³/mol. The van der Waals surface area contributed by atoms with E-state index in [1.165, 1.54) is 0 Å². The number of hydrogen-bond donors (Lipinski definition) is 1. The van der Waals surface area contributed by atoms with Gasteiger partial charge >= 0.3 is 0 Å². The fraction of sp³-hybridized carbons (Fsp3) is 0.929. The topological polar surface area (TPSA) is 46.3 Å². The predicted octanol–water partition coefficient (Wildman–Crippen LogP) is 2.40. The van der Waals surface area contributed by atoms with Crippen molar-refractivity contribution < 1.29 is 4.79 Å². The van der Waals surface area contributed by atoms with E-state index in [1.807, 2.05) is 11.9 Å². The summed E-state index contributed by atoms with van der Waals surface area (Å²) in [6, 6.07) is 0.476. The van der Waals surface area contributed by atoms with E-state index in [4.69, 9.17) is 5.73 Å². The zero-order valence-electron chi connectivity index (χ0n) is 12.0. The van der Waals surface area contributed by atoms with E-state index in [2.05, 4.69) is 27.7 Å². The van der Waals surface area contributed by atoms with Crippen LogP contribution >= 0.6 is 0 Å². The van der Waals surface area contributed by atoms with Crippen molar-refractivity contribution in [2.75, 3.05) is 7.05 Å². The van der Waals surface area contributed by atoms with E-state index in [0.717, 1.165) is 25.7 Å². The minimum absolute atomic E-state index is 0.126. The first kappa shape index (κ1) is 14.5. The number of amides is 1.